The molecule has 9 heteroatoms. The highest BCUT2D eigenvalue weighted by atomic mass is 35.5. The average molecular weight is 369 g/mol. The summed E-state index contributed by atoms with van der Waals surface area (Å²) in [6.07, 6.45) is 8.13. The SMILES string of the molecule is Cl.Cl.N#CC1(N)CCC1.NOC(=O)C1(N)CCC1.O=C1CCC1. The Morgan fingerprint density at radius 2 is 1.48 bits per heavy atom. The third kappa shape index (κ3) is 7.46. The minimum Gasteiger partial charge on any atom is -0.372 e. The van der Waals surface area contributed by atoms with Gasteiger partial charge in [-0.3, -0.25) is 4.79 Å². The fourth-order valence-corrected chi connectivity index (χ4v) is 1.87. The molecule has 0 aliphatic heterocycles. The van der Waals surface area contributed by atoms with Crippen LogP contribution in [-0.4, -0.2) is 22.8 Å². The number of nitrogens with zero attached hydrogens (tertiary/aromatic N) is 1. The number of hydrogen-bond acceptors (Lipinski definition) is 7. The van der Waals surface area contributed by atoms with Crippen LogP contribution < -0.4 is 17.4 Å². The Morgan fingerprint density at radius 1 is 1.04 bits per heavy atom. The molecule has 0 spiro atoms. The Bertz CT molecular complexity index is 426. The number of halogens is 2. The van der Waals surface area contributed by atoms with Crippen molar-refractivity contribution in [2.24, 2.45) is 17.4 Å². The van der Waals surface area contributed by atoms with Gasteiger partial charge in [0.05, 0.1) is 6.07 Å². The third-order valence-corrected chi connectivity index (χ3v) is 4.14. The van der Waals surface area contributed by atoms with Gasteiger partial charge in [-0.25, -0.2) is 4.79 Å². The minimum atomic E-state index is -0.755. The standard InChI is InChI=1S/C5H10N2O2.C5H8N2.C4H6O.2ClH/c6-5(2-1-3-5)4(8)9-7;6-4-5(7)2-1-3-5;5-4-2-1-3-4;;/h1-3,6-7H2;1-3,7H2;1-3H2;2*1H. The predicted octanol–water partition coefficient (Wildman–Crippen LogP) is 1.26. The van der Waals surface area contributed by atoms with Gasteiger partial charge in [0, 0.05) is 12.8 Å². The van der Waals surface area contributed by atoms with Gasteiger partial charge in [0.25, 0.3) is 0 Å². The van der Waals surface area contributed by atoms with Gasteiger partial charge in [0.15, 0.2) is 0 Å². The largest absolute Gasteiger partial charge is 0.372 e. The van der Waals surface area contributed by atoms with Gasteiger partial charge in [-0.1, -0.05) is 0 Å². The molecule has 0 atom stereocenters. The zero-order valence-corrected chi connectivity index (χ0v) is 14.7. The first-order valence-corrected chi connectivity index (χ1v) is 7.27. The number of carbonyl (C=O) groups excluding carboxylic acids is 2. The Kier molecular flexibility index (Phi) is 11.4. The van der Waals surface area contributed by atoms with E-state index in [1.165, 1.54) is 0 Å². The lowest BCUT2D eigenvalue weighted by molar-refractivity contribution is -0.154. The molecule has 3 aliphatic rings. The zero-order chi connectivity index (χ0) is 15.9. The van der Waals surface area contributed by atoms with Gasteiger partial charge in [0.2, 0.25) is 0 Å². The number of ketones is 1. The van der Waals surface area contributed by atoms with Gasteiger partial charge in [0.1, 0.15) is 16.9 Å². The Balaban J connectivity index is 0. The van der Waals surface area contributed by atoms with Crippen LogP contribution >= 0.6 is 24.8 Å². The van der Waals surface area contributed by atoms with Crippen molar-refractivity contribution in [3.8, 4) is 6.07 Å². The monoisotopic (exact) mass is 368 g/mol. The molecule has 0 radical (unpaired) electrons. The first-order valence-electron chi connectivity index (χ1n) is 7.27. The van der Waals surface area contributed by atoms with Crippen molar-refractivity contribution >= 4 is 36.6 Å². The van der Waals surface area contributed by atoms with Crippen LogP contribution in [0.3, 0.4) is 0 Å². The second kappa shape index (κ2) is 10.8. The van der Waals surface area contributed by atoms with Gasteiger partial charge >= 0.3 is 5.97 Å². The molecule has 0 aromatic heterocycles. The lowest BCUT2D eigenvalue weighted by Crippen LogP contribution is -2.55. The Morgan fingerprint density at radius 3 is 1.52 bits per heavy atom. The second-order valence-corrected chi connectivity index (χ2v) is 5.93. The van der Waals surface area contributed by atoms with E-state index in [0.717, 1.165) is 44.9 Å². The van der Waals surface area contributed by atoms with Gasteiger partial charge in [-0.15, -0.1) is 24.8 Å². The summed E-state index contributed by atoms with van der Waals surface area (Å²) in [6.45, 7) is 0. The van der Waals surface area contributed by atoms with Crippen molar-refractivity contribution in [1.82, 2.24) is 0 Å². The molecule has 3 saturated carbocycles. The molecule has 3 fully saturated rings. The van der Waals surface area contributed by atoms with E-state index in [9.17, 15) is 9.59 Å². The molecule has 0 aromatic rings. The molecule has 0 amide bonds. The molecule has 0 saturated heterocycles. The summed E-state index contributed by atoms with van der Waals surface area (Å²) in [6, 6.07) is 2.06. The van der Waals surface area contributed by atoms with E-state index in [-0.39, 0.29) is 24.8 Å². The van der Waals surface area contributed by atoms with Crippen LogP contribution in [0.15, 0.2) is 0 Å². The van der Waals surface area contributed by atoms with Gasteiger partial charge in [-0.2, -0.15) is 11.2 Å². The molecule has 7 nitrogen and oxygen atoms in total. The summed E-state index contributed by atoms with van der Waals surface area (Å²) >= 11 is 0. The molecular formula is C14H26Cl2N4O3. The normalized spacial score (nSPS) is 21.2. The minimum absolute atomic E-state index is 0. The van der Waals surface area contributed by atoms with E-state index >= 15 is 0 Å². The van der Waals surface area contributed by atoms with Gasteiger partial charge in [-0.05, 0) is 44.9 Å². The maximum absolute atomic E-state index is 10.6. The Labute approximate surface area is 149 Å². The topological polar surface area (TPSA) is 145 Å². The molecule has 23 heavy (non-hydrogen) atoms. The van der Waals surface area contributed by atoms with Crippen molar-refractivity contribution in [1.29, 1.82) is 5.26 Å². The molecule has 0 bridgehead atoms. The molecule has 3 aliphatic carbocycles. The van der Waals surface area contributed by atoms with E-state index in [4.69, 9.17) is 16.7 Å². The molecule has 0 heterocycles. The average Bonchev–Trinajstić information content (AvgIpc) is 2.40. The van der Waals surface area contributed by atoms with E-state index < -0.39 is 17.0 Å². The highest BCUT2D eigenvalue weighted by molar-refractivity contribution is 5.85. The maximum Gasteiger partial charge on any atom is 0.344 e. The van der Waals surface area contributed by atoms with Gasteiger partial charge < -0.3 is 16.3 Å². The highest BCUT2D eigenvalue weighted by Gasteiger charge is 2.41. The summed E-state index contributed by atoms with van der Waals surface area (Å²) in [5, 5.41) is 8.27. The van der Waals surface area contributed by atoms with E-state index in [1.807, 2.05) is 0 Å². The van der Waals surface area contributed by atoms with Crippen LogP contribution in [0.2, 0.25) is 0 Å². The number of nitrogens with two attached hydrogens (primary N) is 3. The highest BCUT2D eigenvalue weighted by Crippen LogP contribution is 2.29. The molecule has 134 valence electrons. The van der Waals surface area contributed by atoms with Crippen LogP contribution in [0, 0.1) is 11.3 Å². The number of rotatable bonds is 1. The van der Waals surface area contributed by atoms with Crippen LogP contribution in [0.5, 0.6) is 0 Å². The second-order valence-electron chi connectivity index (χ2n) is 5.93. The molecule has 3 rings (SSSR count). The zero-order valence-electron chi connectivity index (χ0n) is 13.1. The summed E-state index contributed by atoms with van der Waals surface area (Å²) in [4.78, 5) is 24.5. The van der Waals surface area contributed by atoms with Crippen molar-refractivity contribution < 1.29 is 14.4 Å². The maximum atomic E-state index is 10.6. The van der Waals surface area contributed by atoms with Crippen molar-refractivity contribution in [3.63, 3.8) is 0 Å². The van der Waals surface area contributed by atoms with E-state index in [1.54, 1.807) is 0 Å². The third-order valence-electron chi connectivity index (χ3n) is 4.14. The first-order chi connectivity index (χ1) is 9.85. The predicted molar refractivity (Wildman–Crippen MR) is 90.8 cm³/mol. The molecular weight excluding hydrogens is 343 g/mol. The number of hydrogen-bond donors (Lipinski definition) is 3. The van der Waals surface area contributed by atoms with E-state index in [0.29, 0.717) is 18.6 Å². The fraction of sp³-hybridized carbons (Fsp3) is 0.786. The fourth-order valence-electron chi connectivity index (χ4n) is 1.87. The van der Waals surface area contributed by atoms with Crippen molar-refractivity contribution in [2.45, 2.75) is 68.9 Å². The summed E-state index contributed by atoms with van der Waals surface area (Å²) in [5.74, 6) is 4.58. The lowest BCUT2D eigenvalue weighted by Gasteiger charge is -2.33. The summed E-state index contributed by atoms with van der Waals surface area (Å²) in [7, 11) is 0. The van der Waals surface area contributed by atoms with E-state index in [2.05, 4.69) is 16.8 Å². The number of Topliss-reactive ketones (excluding diaryl/α,β-unsaturated/α-hetero) is 1. The van der Waals surface area contributed by atoms with Crippen LogP contribution in [0.4, 0.5) is 0 Å². The summed E-state index contributed by atoms with van der Waals surface area (Å²) < 4.78 is 0. The van der Waals surface area contributed by atoms with Crippen molar-refractivity contribution in [3.05, 3.63) is 0 Å². The van der Waals surface area contributed by atoms with Crippen LogP contribution in [0.1, 0.15) is 57.8 Å². The van der Waals surface area contributed by atoms with Crippen molar-refractivity contribution in [2.75, 3.05) is 0 Å². The summed E-state index contributed by atoms with van der Waals surface area (Å²) in [5.41, 5.74) is 9.76. The van der Waals surface area contributed by atoms with Crippen LogP contribution in [0.25, 0.3) is 0 Å². The molecule has 0 unspecified atom stereocenters. The van der Waals surface area contributed by atoms with Crippen LogP contribution in [-0.2, 0) is 14.4 Å². The smallest absolute Gasteiger partial charge is 0.344 e. The molecule has 6 N–H and O–H groups in total. The quantitative estimate of drug-likeness (QED) is 0.590. The lowest BCUT2D eigenvalue weighted by atomic mass is 9.78. The first kappa shape index (κ1) is 24.3. The molecule has 0 aromatic carbocycles. The number of carbonyl (C=O) groups is 2. The Hall–Kier alpha value is -0.910. The number of nitriles is 1.